The van der Waals surface area contributed by atoms with Crippen LogP contribution in [0.5, 0.6) is 0 Å². The molecule has 0 spiro atoms. The van der Waals surface area contributed by atoms with Gasteiger partial charge in [0.1, 0.15) is 5.39 Å². The summed E-state index contributed by atoms with van der Waals surface area (Å²) in [6, 6.07) is 12.0. The third kappa shape index (κ3) is 4.14. The van der Waals surface area contributed by atoms with Crippen LogP contribution >= 0.6 is 0 Å². The normalized spacial score (nSPS) is 13.7. The van der Waals surface area contributed by atoms with Gasteiger partial charge in [-0.25, -0.2) is 19.3 Å². The van der Waals surface area contributed by atoms with Crippen LogP contribution in [-0.2, 0) is 18.4 Å². The zero-order valence-electron chi connectivity index (χ0n) is 20.7. The molecule has 5 rings (SSSR count). The Labute approximate surface area is 204 Å². The maximum atomic E-state index is 13.3. The highest BCUT2D eigenvalue weighted by molar-refractivity contribution is 5.77. The van der Waals surface area contributed by atoms with Gasteiger partial charge in [-0.05, 0) is 62.2 Å². The Morgan fingerprint density at radius 3 is 2.77 bits per heavy atom. The van der Waals surface area contributed by atoms with Crippen molar-refractivity contribution in [2.45, 2.75) is 52.1 Å². The summed E-state index contributed by atoms with van der Waals surface area (Å²) < 4.78 is 3.48. The van der Waals surface area contributed by atoms with Gasteiger partial charge in [0.05, 0.1) is 5.69 Å². The van der Waals surface area contributed by atoms with Gasteiger partial charge in [-0.1, -0.05) is 32.1 Å². The predicted molar refractivity (Wildman–Crippen MR) is 140 cm³/mol. The summed E-state index contributed by atoms with van der Waals surface area (Å²) in [6.07, 6.45) is 4.47. The van der Waals surface area contributed by atoms with E-state index in [2.05, 4.69) is 48.2 Å². The fourth-order valence-corrected chi connectivity index (χ4v) is 4.43. The molecule has 0 bridgehead atoms. The number of hydrogen-bond donors (Lipinski definition) is 2. The summed E-state index contributed by atoms with van der Waals surface area (Å²) in [5.41, 5.74) is 4.49. The van der Waals surface area contributed by atoms with E-state index in [0.29, 0.717) is 22.8 Å². The first-order chi connectivity index (χ1) is 16.8. The summed E-state index contributed by atoms with van der Waals surface area (Å²) in [7, 11) is 0. The number of benzene rings is 1. The van der Waals surface area contributed by atoms with Gasteiger partial charge in [0.25, 0.3) is 5.56 Å². The Kier molecular flexibility index (Phi) is 5.76. The van der Waals surface area contributed by atoms with Gasteiger partial charge >= 0.3 is 0 Å². The van der Waals surface area contributed by atoms with Crippen LogP contribution in [0.25, 0.3) is 16.9 Å². The van der Waals surface area contributed by atoms with Gasteiger partial charge in [-0.15, -0.1) is 6.58 Å². The standard InChI is InChI=1S/C27H31N7O/c1-6-27(4,5)22-8-7-9-23(31-22)34-24-21(25(35)33(34)17(2)3)16-29-26(32-24)30-20-11-10-19-15-28-13-12-18(19)14-20/h6-11,14,16-17,28H,1,12-13,15H2,2-5H3,(H,29,30,32). The van der Waals surface area contributed by atoms with Crippen molar-refractivity contribution in [3.05, 3.63) is 82.4 Å². The molecular formula is C27H31N7O. The molecule has 1 aliphatic heterocycles. The monoisotopic (exact) mass is 469 g/mol. The van der Waals surface area contributed by atoms with E-state index in [1.54, 1.807) is 15.6 Å². The third-order valence-corrected chi connectivity index (χ3v) is 6.58. The number of nitrogens with one attached hydrogen (secondary N) is 2. The number of aromatic nitrogens is 5. The van der Waals surface area contributed by atoms with Crippen molar-refractivity contribution in [3.63, 3.8) is 0 Å². The molecule has 35 heavy (non-hydrogen) atoms. The van der Waals surface area contributed by atoms with E-state index in [9.17, 15) is 4.79 Å². The SMILES string of the molecule is C=CC(C)(C)c1cccc(-n2c3nc(Nc4ccc5c(c4)CCNC5)ncc3c(=O)n2C(C)C)n1. The van der Waals surface area contributed by atoms with Gasteiger partial charge < -0.3 is 10.6 Å². The second kappa shape index (κ2) is 8.78. The lowest BCUT2D eigenvalue weighted by atomic mass is 9.89. The van der Waals surface area contributed by atoms with E-state index in [1.165, 1.54) is 11.1 Å². The minimum atomic E-state index is -0.314. The molecule has 0 aliphatic carbocycles. The van der Waals surface area contributed by atoms with Crippen molar-refractivity contribution < 1.29 is 0 Å². The lowest BCUT2D eigenvalue weighted by Crippen LogP contribution is -2.25. The van der Waals surface area contributed by atoms with E-state index in [1.807, 2.05) is 44.2 Å². The van der Waals surface area contributed by atoms with Crippen molar-refractivity contribution in [3.8, 4) is 5.82 Å². The molecule has 3 aromatic heterocycles. The van der Waals surface area contributed by atoms with Crippen molar-refractivity contribution in [2.24, 2.45) is 0 Å². The first-order valence-corrected chi connectivity index (χ1v) is 12.0. The smallest absolute Gasteiger partial charge is 0.278 e. The van der Waals surface area contributed by atoms with E-state index in [0.717, 1.165) is 30.9 Å². The molecular weight excluding hydrogens is 438 g/mol. The van der Waals surface area contributed by atoms with Crippen molar-refractivity contribution >= 4 is 22.7 Å². The van der Waals surface area contributed by atoms with E-state index >= 15 is 0 Å². The zero-order chi connectivity index (χ0) is 24.7. The Bertz CT molecular complexity index is 1480. The number of nitrogens with zero attached hydrogens (tertiary/aromatic N) is 5. The van der Waals surface area contributed by atoms with Crippen LogP contribution in [0, 0.1) is 0 Å². The lowest BCUT2D eigenvalue weighted by Gasteiger charge is -2.21. The maximum Gasteiger partial charge on any atom is 0.278 e. The Balaban J connectivity index is 1.63. The molecule has 0 unspecified atom stereocenters. The van der Waals surface area contributed by atoms with Crippen LogP contribution in [0.4, 0.5) is 11.6 Å². The van der Waals surface area contributed by atoms with E-state index in [4.69, 9.17) is 9.97 Å². The highest BCUT2D eigenvalue weighted by Gasteiger charge is 2.23. The average Bonchev–Trinajstić information content (AvgIpc) is 3.16. The molecule has 0 fully saturated rings. The highest BCUT2D eigenvalue weighted by Crippen LogP contribution is 2.26. The molecule has 8 heteroatoms. The van der Waals surface area contributed by atoms with Crippen LogP contribution in [-0.4, -0.2) is 30.9 Å². The second-order valence-electron chi connectivity index (χ2n) is 9.83. The van der Waals surface area contributed by atoms with Crippen molar-refractivity contribution in [2.75, 3.05) is 11.9 Å². The van der Waals surface area contributed by atoms with E-state index < -0.39 is 0 Å². The zero-order valence-corrected chi connectivity index (χ0v) is 20.7. The third-order valence-electron chi connectivity index (χ3n) is 6.58. The van der Waals surface area contributed by atoms with Crippen LogP contribution in [0.15, 0.2) is 60.0 Å². The molecule has 2 N–H and O–H groups in total. The molecule has 0 radical (unpaired) electrons. The number of rotatable bonds is 6. The Morgan fingerprint density at radius 1 is 1.17 bits per heavy atom. The predicted octanol–water partition coefficient (Wildman–Crippen LogP) is 4.41. The minimum absolute atomic E-state index is 0.0970. The molecule has 4 aromatic rings. The number of anilines is 2. The number of fused-ring (bicyclic) bond motifs is 2. The summed E-state index contributed by atoms with van der Waals surface area (Å²) >= 11 is 0. The van der Waals surface area contributed by atoms with Gasteiger partial charge in [0, 0.05) is 29.9 Å². The number of allylic oxidation sites excluding steroid dienone is 1. The van der Waals surface area contributed by atoms with Crippen molar-refractivity contribution in [1.29, 1.82) is 0 Å². The summed E-state index contributed by atoms with van der Waals surface area (Å²) in [6.45, 7) is 13.9. The Hall–Kier alpha value is -3.78. The molecule has 0 saturated carbocycles. The quantitative estimate of drug-likeness (QED) is 0.407. The Morgan fingerprint density at radius 2 is 2.00 bits per heavy atom. The highest BCUT2D eigenvalue weighted by atomic mass is 16.1. The lowest BCUT2D eigenvalue weighted by molar-refractivity contribution is 0.470. The molecule has 1 aromatic carbocycles. The number of pyridine rings is 1. The maximum absolute atomic E-state index is 13.3. The molecule has 8 nitrogen and oxygen atoms in total. The fraction of sp³-hybridized carbons (Fsp3) is 0.333. The van der Waals surface area contributed by atoms with Gasteiger partial charge in [-0.3, -0.25) is 4.79 Å². The largest absolute Gasteiger partial charge is 0.324 e. The second-order valence-corrected chi connectivity index (χ2v) is 9.83. The molecule has 0 atom stereocenters. The van der Waals surface area contributed by atoms with Gasteiger partial charge in [0.15, 0.2) is 11.5 Å². The summed E-state index contributed by atoms with van der Waals surface area (Å²) in [5.74, 6) is 1.06. The summed E-state index contributed by atoms with van der Waals surface area (Å²) in [4.78, 5) is 27.5. The number of hydrogen-bond acceptors (Lipinski definition) is 6. The molecule has 0 saturated heterocycles. The first kappa shape index (κ1) is 23.0. The molecule has 1 aliphatic rings. The van der Waals surface area contributed by atoms with Crippen LogP contribution in [0.2, 0.25) is 0 Å². The molecule has 4 heterocycles. The topological polar surface area (TPSA) is 89.7 Å². The first-order valence-electron chi connectivity index (χ1n) is 12.0. The fourth-order valence-electron chi connectivity index (χ4n) is 4.43. The van der Waals surface area contributed by atoms with E-state index in [-0.39, 0.29) is 17.0 Å². The van der Waals surface area contributed by atoms with Crippen LogP contribution in [0.1, 0.15) is 50.6 Å². The van der Waals surface area contributed by atoms with Gasteiger partial charge in [-0.2, -0.15) is 4.98 Å². The van der Waals surface area contributed by atoms with Crippen LogP contribution in [0.3, 0.4) is 0 Å². The van der Waals surface area contributed by atoms with Gasteiger partial charge in [0.2, 0.25) is 5.95 Å². The summed E-state index contributed by atoms with van der Waals surface area (Å²) in [5, 5.41) is 7.18. The van der Waals surface area contributed by atoms with Crippen molar-refractivity contribution in [1.82, 2.24) is 29.6 Å². The average molecular weight is 470 g/mol. The molecule has 180 valence electrons. The van der Waals surface area contributed by atoms with Crippen LogP contribution < -0.4 is 16.2 Å². The molecule has 0 amide bonds. The minimum Gasteiger partial charge on any atom is -0.324 e.